The van der Waals surface area contributed by atoms with Gasteiger partial charge in [0.1, 0.15) is 17.1 Å². The number of nitrogens with zero attached hydrogens (tertiary/aromatic N) is 4. The average molecular weight is 487 g/mol. The van der Waals surface area contributed by atoms with E-state index in [1.807, 2.05) is 30.3 Å². The van der Waals surface area contributed by atoms with Crippen LogP contribution in [0.2, 0.25) is 5.02 Å². The van der Waals surface area contributed by atoms with Crippen molar-refractivity contribution in [2.24, 2.45) is 0 Å². The van der Waals surface area contributed by atoms with E-state index >= 15 is 0 Å². The highest BCUT2D eigenvalue weighted by atomic mass is 35.5. The molecular weight excluding hydrogens is 469 g/mol. The normalized spacial score (nSPS) is 17.7. The van der Waals surface area contributed by atoms with Gasteiger partial charge in [-0.2, -0.15) is 32.9 Å². The molecule has 1 aliphatic heterocycles. The van der Waals surface area contributed by atoms with Crippen LogP contribution in [0.3, 0.4) is 0 Å². The van der Waals surface area contributed by atoms with Gasteiger partial charge >= 0.3 is 6.18 Å². The van der Waals surface area contributed by atoms with Crippen LogP contribution in [0.1, 0.15) is 30.2 Å². The number of alkyl halides is 3. The van der Waals surface area contributed by atoms with Crippen LogP contribution >= 0.6 is 11.6 Å². The SMILES string of the molecule is CC1(c2ccccc2)C(=O)Nc2nc(-n3nc(CCC(F)(F)F)c4cc(Cl)ccc43)nc(N)c21. The summed E-state index contributed by atoms with van der Waals surface area (Å²) in [5, 5.41) is 7.93. The van der Waals surface area contributed by atoms with Crippen molar-refractivity contribution < 1.29 is 18.0 Å². The van der Waals surface area contributed by atoms with Crippen molar-refractivity contribution in [1.82, 2.24) is 19.7 Å². The van der Waals surface area contributed by atoms with Crippen LogP contribution in [0, 0.1) is 0 Å². The average Bonchev–Trinajstić information content (AvgIpc) is 3.27. The van der Waals surface area contributed by atoms with E-state index in [1.54, 1.807) is 25.1 Å². The predicted octanol–water partition coefficient (Wildman–Crippen LogP) is 4.80. The van der Waals surface area contributed by atoms with E-state index in [9.17, 15) is 18.0 Å². The van der Waals surface area contributed by atoms with Gasteiger partial charge in [0.25, 0.3) is 5.95 Å². The third-order valence-corrected chi connectivity index (χ3v) is 6.25. The molecule has 0 radical (unpaired) electrons. The highest BCUT2D eigenvalue weighted by Crippen LogP contribution is 2.44. The molecule has 2 aromatic carbocycles. The number of benzene rings is 2. The van der Waals surface area contributed by atoms with E-state index in [0.717, 1.165) is 5.56 Å². The lowest BCUT2D eigenvalue weighted by Gasteiger charge is -2.23. The lowest BCUT2D eigenvalue weighted by molar-refractivity contribution is -0.134. The van der Waals surface area contributed by atoms with E-state index < -0.39 is 18.0 Å². The molecule has 11 heteroatoms. The molecular formula is C23H18ClF3N6O. The van der Waals surface area contributed by atoms with E-state index in [-0.39, 0.29) is 35.6 Å². The van der Waals surface area contributed by atoms with Gasteiger partial charge in [-0.25, -0.2) is 0 Å². The summed E-state index contributed by atoms with van der Waals surface area (Å²) in [6, 6.07) is 13.9. The fourth-order valence-corrected chi connectivity index (χ4v) is 4.46. The number of nitrogens with two attached hydrogens (primary N) is 1. The molecule has 3 heterocycles. The molecule has 0 saturated carbocycles. The Morgan fingerprint density at radius 1 is 1.15 bits per heavy atom. The zero-order chi connectivity index (χ0) is 24.3. The van der Waals surface area contributed by atoms with E-state index in [1.165, 1.54) is 4.68 Å². The fourth-order valence-electron chi connectivity index (χ4n) is 4.29. The minimum atomic E-state index is -4.34. The monoisotopic (exact) mass is 486 g/mol. The third-order valence-electron chi connectivity index (χ3n) is 6.02. The number of aromatic nitrogens is 4. The first kappa shape index (κ1) is 22.1. The van der Waals surface area contributed by atoms with Crippen molar-refractivity contribution in [2.45, 2.75) is 31.4 Å². The molecule has 2 aromatic heterocycles. The molecule has 4 aromatic rings. The van der Waals surface area contributed by atoms with Crippen molar-refractivity contribution in [3.05, 3.63) is 70.4 Å². The summed E-state index contributed by atoms with van der Waals surface area (Å²) in [5.74, 6) is 0.0155. The van der Waals surface area contributed by atoms with Gasteiger partial charge in [-0.1, -0.05) is 41.9 Å². The maximum Gasteiger partial charge on any atom is 0.389 e. The Kier molecular flexibility index (Phi) is 5.01. The summed E-state index contributed by atoms with van der Waals surface area (Å²) < 4.78 is 39.9. The minimum Gasteiger partial charge on any atom is -0.383 e. The molecule has 5 rings (SSSR count). The lowest BCUT2D eigenvalue weighted by Crippen LogP contribution is -2.32. The van der Waals surface area contributed by atoms with Crippen molar-refractivity contribution in [1.29, 1.82) is 0 Å². The third kappa shape index (κ3) is 3.54. The molecule has 7 nitrogen and oxygen atoms in total. The maximum absolute atomic E-state index is 13.0. The molecule has 1 unspecified atom stereocenters. The Balaban J connectivity index is 1.65. The minimum absolute atomic E-state index is 0.0273. The largest absolute Gasteiger partial charge is 0.389 e. The molecule has 34 heavy (non-hydrogen) atoms. The van der Waals surface area contributed by atoms with Gasteiger partial charge in [-0.05, 0) is 30.7 Å². The number of carbonyl (C=O) groups excluding carboxylic acids is 1. The highest BCUT2D eigenvalue weighted by molar-refractivity contribution is 6.31. The Morgan fingerprint density at radius 2 is 1.88 bits per heavy atom. The molecule has 174 valence electrons. The number of hydrogen-bond acceptors (Lipinski definition) is 5. The topological polar surface area (TPSA) is 98.7 Å². The first-order valence-corrected chi connectivity index (χ1v) is 10.7. The predicted molar refractivity (Wildman–Crippen MR) is 122 cm³/mol. The summed E-state index contributed by atoms with van der Waals surface area (Å²) in [5.41, 5.74) is 7.05. The summed E-state index contributed by atoms with van der Waals surface area (Å²) in [6.07, 6.45) is -5.71. The maximum atomic E-state index is 13.0. The molecule has 1 amide bonds. The zero-order valence-corrected chi connectivity index (χ0v) is 18.6. The molecule has 1 atom stereocenters. The van der Waals surface area contributed by atoms with Crippen LogP contribution in [0.4, 0.5) is 24.8 Å². The number of amides is 1. The Labute approximate surface area is 196 Å². The number of nitrogens with one attached hydrogen (secondary N) is 1. The number of rotatable bonds is 4. The number of nitrogen functional groups attached to an aromatic ring is 1. The number of aryl methyl sites for hydroxylation is 1. The molecule has 3 N–H and O–H groups in total. The van der Waals surface area contributed by atoms with Crippen molar-refractivity contribution in [3.63, 3.8) is 0 Å². The molecule has 1 aliphatic rings. The van der Waals surface area contributed by atoms with Crippen LogP contribution < -0.4 is 11.1 Å². The number of carbonyl (C=O) groups is 1. The van der Waals surface area contributed by atoms with Gasteiger partial charge in [0, 0.05) is 23.3 Å². The van der Waals surface area contributed by atoms with Gasteiger partial charge < -0.3 is 11.1 Å². The second kappa shape index (κ2) is 7.69. The standard InChI is InChI=1S/C23H18ClF3N6O/c1-22(12-5-3-2-4-6-12)17-18(28)29-21(31-19(17)30-20(22)34)33-16-8-7-13(24)11-14(16)15(32-33)9-10-23(25,26)27/h2-8,11H,9-10H2,1H3,(H3,28,29,30,31,34). The molecule has 0 spiro atoms. The molecule has 0 bridgehead atoms. The zero-order valence-electron chi connectivity index (χ0n) is 17.8. The molecule has 0 saturated heterocycles. The number of anilines is 2. The fraction of sp³-hybridized carbons (Fsp3) is 0.217. The first-order valence-electron chi connectivity index (χ1n) is 10.4. The smallest absolute Gasteiger partial charge is 0.383 e. The van der Waals surface area contributed by atoms with Crippen molar-refractivity contribution >= 4 is 40.0 Å². The van der Waals surface area contributed by atoms with Crippen molar-refractivity contribution in [3.8, 4) is 5.95 Å². The van der Waals surface area contributed by atoms with E-state index in [4.69, 9.17) is 17.3 Å². The van der Waals surface area contributed by atoms with E-state index in [0.29, 0.717) is 21.5 Å². The summed E-state index contributed by atoms with van der Waals surface area (Å²) >= 11 is 6.09. The highest BCUT2D eigenvalue weighted by Gasteiger charge is 2.47. The Bertz CT molecular complexity index is 1440. The lowest BCUT2D eigenvalue weighted by atomic mass is 9.78. The number of halogens is 4. The quantitative estimate of drug-likeness (QED) is 0.431. The van der Waals surface area contributed by atoms with Crippen LogP contribution in [0.15, 0.2) is 48.5 Å². The molecule has 0 fully saturated rings. The van der Waals surface area contributed by atoms with Crippen LogP contribution in [-0.2, 0) is 16.6 Å². The van der Waals surface area contributed by atoms with Crippen LogP contribution in [0.5, 0.6) is 0 Å². The first-order chi connectivity index (χ1) is 16.1. The Hall–Kier alpha value is -3.66. The number of hydrogen-bond donors (Lipinski definition) is 2. The van der Waals surface area contributed by atoms with Crippen LogP contribution in [-0.4, -0.2) is 31.8 Å². The number of fused-ring (bicyclic) bond motifs is 2. The summed E-state index contributed by atoms with van der Waals surface area (Å²) in [6.45, 7) is 1.74. The van der Waals surface area contributed by atoms with E-state index in [2.05, 4.69) is 20.4 Å². The van der Waals surface area contributed by atoms with Gasteiger partial charge in [-0.3, -0.25) is 4.79 Å². The van der Waals surface area contributed by atoms with Gasteiger partial charge in [0.2, 0.25) is 5.91 Å². The second-order valence-electron chi connectivity index (χ2n) is 8.21. The summed E-state index contributed by atoms with van der Waals surface area (Å²) in [7, 11) is 0. The van der Waals surface area contributed by atoms with Gasteiger partial charge in [0.05, 0.1) is 16.8 Å². The second-order valence-corrected chi connectivity index (χ2v) is 8.65. The Morgan fingerprint density at radius 3 is 2.59 bits per heavy atom. The van der Waals surface area contributed by atoms with Crippen molar-refractivity contribution in [2.75, 3.05) is 11.1 Å². The van der Waals surface area contributed by atoms with Gasteiger partial charge in [-0.15, -0.1) is 0 Å². The van der Waals surface area contributed by atoms with Crippen LogP contribution in [0.25, 0.3) is 16.9 Å². The van der Waals surface area contributed by atoms with Gasteiger partial charge in [0.15, 0.2) is 0 Å². The molecule has 0 aliphatic carbocycles. The summed E-state index contributed by atoms with van der Waals surface area (Å²) in [4.78, 5) is 21.9.